The first kappa shape index (κ1) is 16.5. The molecule has 0 unspecified atom stereocenters. The standard InChI is InChI=1S/C21H16BrN3O/c22-17-10-11-23-20(14-17)21-24-12-13-25(21)15-16-6-8-19(9-7-16)26-18-4-2-1-3-5-18/h1-14H,15H2. The Kier molecular flexibility index (Phi) is 4.80. The average Bonchev–Trinajstić information content (AvgIpc) is 3.12. The zero-order chi connectivity index (χ0) is 17.8. The van der Waals surface area contributed by atoms with Crippen molar-refractivity contribution in [1.82, 2.24) is 14.5 Å². The maximum atomic E-state index is 5.84. The summed E-state index contributed by atoms with van der Waals surface area (Å²) in [4.78, 5) is 8.86. The van der Waals surface area contributed by atoms with E-state index in [1.54, 1.807) is 12.4 Å². The van der Waals surface area contributed by atoms with Gasteiger partial charge in [-0.25, -0.2) is 4.98 Å². The maximum Gasteiger partial charge on any atom is 0.158 e. The summed E-state index contributed by atoms with van der Waals surface area (Å²) in [5.41, 5.74) is 2.01. The van der Waals surface area contributed by atoms with Gasteiger partial charge in [-0.2, -0.15) is 0 Å². The van der Waals surface area contributed by atoms with Gasteiger partial charge in [0.05, 0.1) is 0 Å². The second-order valence-electron chi connectivity index (χ2n) is 5.80. The second kappa shape index (κ2) is 7.54. The molecule has 5 heteroatoms. The van der Waals surface area contributed by atoms with E-state index in [-0.39, 0.29) is 0 Å². The Labute approximate surface area is 160 Å². The highest BCUT2D eigenvalue weighted by molar-refractivity contribution is 9.10. The van der Waals surface area contributed by atoms with Crippen molar-refractivity contribution < 1.29 is 4.74 Å². The molecule has 2 heterocycles. The smallest absolute Gasteiger partial charge is 0.158 e. The van der Waals surface area contributed by atoms with E-state index in [1.165, 1.54) is 5.56 Å². The van der Waals surface area contributed by atoms with E-state index >= 15 is 0 Å². The minimum absolute atomic E-state index is 0.717. The zero-order valence-electron chi connectivity index (χ0n) is 13.9. The Hall–Kier alpha value is -2.92. The molecule has 4 rings (SSSR count). The number of halogens is 1. The minimum atomic E-state index is 0.717. The molecular weight excluding hydrogens is 390 g/mol. The van der Waals surface area contributed by atoms with Crippen LogP contribution < -0.4 is 4.74 Å². The van der Waals surface area contributed by atoms with Crippen LogP contribution in [0, 0.1) is 0 Å². The number of benzene rings is 2. The first-order valence-corrected chi connectivity index (χ1v) is 9.02. The zero-order valence-corrected chi connectivity index (χ0v) is 15.5. The predicted octanol–water partition coefficient (Wildman–Crippen LogP) is 5.55. The molecule has 128 valence electrons. The summed E-state index contributed by atoms with van der Waals surface area (Å²) in [6, 6.07) is 21.7. The molecule has 4 nitrogen and oxygen atoms in total. The molecule has 0 bridgehead atoms. The van der Waals surface area contributed by atoms with Crippen LogP contribution in [-0.4, -0.2) is 14.5 Å². The summed E-state index contributed by atoms with van der Waals surface area (Å²) in [5.74, 6) is 2.49. The van der Waals surface area contributed by atoms with Crippen molar-refractivity contribution in [3.05, 3.63) is 95.4 Å². The minimum Gasteiger partial charge on any atom is -0.457 e. The van der Waals surface area contributed by atoms with Gasteiger partial charge in [0.2, 0.25) is 0 Å². The number of ether oxygens (including phenoxy) is 1. The largest absolute Gasteiger partial charge is 0.457 e. The molecule has 0 fully saturated rings. The molecule has 2 aromatic carbocycles. The predicted molar refractivity (Wildman–Crippen MR) is 105 cm³/mol. The van der Waals surface area contributed by atoms with E-state index in [1.807, 2.05) is 60.8 Å². The van der Waals surface area contributed by atoms with Crippen LogP contribution in [0.5, 0.6) is 11.5 Å². The summed E-state index contributed by atoms with van der Waals surface area (Å²) in [6.45, 7) is 0.717. The van der Waals surface area contributed by atoms with Crippen molar-refractivity contribution in [3.8, 4) is 23.0 Å². The fourth-order valence-electron chi connectivity index (χ4n) is 2.68. The Morgan fingerprint density at radius 3 is 2.38 bits per heavy atom. The van der Waals surface area contributed by atoms with Crippen molar-refractivity contribution in [2.24, 2.45) is 0 Å². The highest BCUT2D eigenvalue weighted by Gasteiger charge is 2.08. The fraction of sp³-hybridized carbons (Fsp3) is 0.0476. The number of hydrogen-bond donors (Lipinski definition) is 0. The molecular formula is C21H16BrN3O. The van der Waals surface area contributed by atoms with Gasteiger partial charge in [0.15, 0.2) is 5.82 Å². The highest BCUT2D eigenvalue weighted by Crippen LogP contribution is 2.23. The van der Waals surface area contributed by atoms with Gasteiger partial charge in [0, 0.05) is 29.6 Å². The third kappa shape index (κ3) is 3.83. The molecule has 2 aromatic heterocycles. The molecule has 0 amide bonds. The quantitative estimate of drug-likeness (QED) is 0.436. The molecule has 0 atom stereocenters. The number of aromatic nitrogens is 3. The Morgan fingerprint density at radius 1 is 0.846 bits per heavy atom. The first-order valence-electron chi connectivity index (χ1n) is 8.23. The van der Waals surface area contributed by atoms with Gasteiger partial charge >= 0.3 is 0 Å². The van der Waals surface area contributed by atoms with Gasteiger partial charge in [0.1, 0.15) is 17.2 Å². The van der Waals surface area contributed by atoms with Crippen LogP contribution >= 0.6 is 15.9 Å². The van der Waals surface area contributed by atoms with Crippen molar-refractivity contribution in [1.29, 1.82) is 0 Å². The van der Waals surface area contributed by atoms with E-state index in [0.29, 0.717) is 0 Å². The van der Waals surface area contributed by atoms with Gasteiger partial charge in [-0.15, -0.1) is 0 Å². The molecule has 0 aliphatic heterocycles. The van der Waals surface area contributed by atoms with Crippen LogP contribution in [-0.2, 0) is 6.54 Å². The van der Waals surface area contributed by atoms with Crippen molar-refractivity contribution in [3.63, 3.8) is 0 Å². The highest BCUT2D eigenvalue weighted by atomic mass is 79.9. The van der Waals surface area contributed by atoms with Crippen LogP contribution in [0.25, 0.3) is 11.5 Å². The van der Waals surface area contributed by atoms with E-state index in [2.05, 4.69) is 42.6 Å². The lowest BCUT2D eigenvalue weighted by atomic mass is 10.2. The van der Waals surface area contributed by atoms with Crippen LogP contribution in [0.1, 0.15) is 5.56 Å². The lowest BCUT2D eigenvalue weighted by molar-refractivity contribution is 0.482. The summed E-state index contributed by atoms with van der Waals surface area (Å²) < 4.78 is 8.91. The van der Waals surface area contributed by atoms with Crippen LogP contribution in [0.15, 0.2) is 89.8 Å². The second-order valence-corrected chi connectivity index (χ2v) is 6.71. The molecule has 0 aliphatic rings. The van der Waals surface area contributed by atoms with E-state index in [9.17, 15) is 0 Å². The van der Waals surface area contributed by atoms with Gasteiger partial charge < -0.3 is 9.30 Å². The normalized spacial score (nSPS) is 10.7. The number of hydrogen-bond acceptors (Lipinski definition) is 3. The third-order valence-electron chi connectivity index (χ3n) is 3.92. The van der Waals surface area contributed by atoms with Crippen molar-refractivity contribution in [2.75, 3.05) is 0 Å². The Balaban J connectivity index is 1.51. The molecule has 0 aliphatic carbocycles. The Bertz CT molecular complexity index is 997. The Morgan fingerprint density at radius 2 is 1.62 bits per heavy atom. The van der Waals surface area contributed by atoms with Crippen LogP contribution in [0.2, 0.25) is 0 Å². The van der Waals surface area contributed by atoms with Gasteiger partial charge in [-0.1, -0.05) is 46.3 Å². The monoisotopic (exact) mass is 405 g/mol. The summed E-state index contributed by atoms with van der Waals surface area (Å²) in [6.07, 6.45) is 5.53. The van der Waals surface area contributed by atoms with Crippen molar-refractivity contribution in [2.45, 2.75) is 6.54 Å². The average molecular weight is 406 g/mol. The van der Waals surface area contributed by atoms with Crippen LogP contribution in [0.3, 0.4) is 0 Å². The van der Waals surface area contributed by atoms with E-state index < -0.39 is 0 Å². The topological polar surface area (TPSA) is 39.9 Å². The van der Waals surface area contributed by atoms with Crippen LogP contribution in [0.4, 0.5) is 0 Å². The number of pyridine rings is 1. The molecule has 0 N–H and O–H groups in total. The number of rotatable bonds is 5. The van der Waals surface area contributed by atoms with E-state index in [4.69, 9.17) is 4.74 Å². The number of imidazole rings is 1. The molecule has 0 spiro atoms. The number of para-hydroxylation sites is 1. The molecule has 26 heavy (non-hydrogen) atoms. The SMILES string of the molecule is Brc1ccnc(-c2nccn2Cc2ccc(Oc3ccccc3)cc2)c1. The fourth-order valence-corrected chi connectivity index (χ4v) is 3.02. The van der Waals surface area contributed by atoms with Gasteiger partial charge in [0.25, 0.3) is 0 Å². The lowest BCUT2D eigenvalue weighted by Crippen LogP contribution is -2.02. The first-order chi connectivity index (χ1) is 12.8. The molecule has 0 radical (unpaired) electrons. The lowest BCUT2D eigenvalue weighted by Gasteiger charge is -2.09. The summed E-state index contributed by atoms with van der Waals surface area (Å²) in [7, 11) is 0. The van der Waals surface area contributed by atoms with Gasteiger partial charge in [-0.05, 0) is 42.0 Å². The number of nitrogens with zero attached hydrogens (tertiary/aromatic N) is 3. The molecule has 0 saturated heterocycles. The van der Waals surface area contributed by atoms with Crippen molar-refractivity contribution >= 4 is 15.9 Å². The molecule has 0 saturated carbocycles. The third-order valence-corrected chi connectivity index (χ3v) is 4.41. The summed E-state index contributed by atoms with van der Waals surface area (Å²) >= 11 is 3.48. The van der Waals surface area contributed by atoms with E-state index in [0.717, 1.165) is 34.0 Å². The summed E-state index contributed by atoms with van der Waals surface area (Å²) in [5, 5.41) is 0. The van der Waals surface area contributed by atoms with Gasteiger partial charge in [-0.3, -0.25) is 4.98 Å². The maximum absolute atomic E-state index is 5.84. The molecule has 4 aromatic rings.